The van der Waals surface area contributed by atoms with Crippen LogP contribution in [0.3, 0.4) is 0 Å². The molecule has 0 aromatic rings. The van der Waals surface area contributed by atoms with Crippen LogP contribution < -0.4 is 5.73 Å². The van der Waals surface area contributed by atoms with E-state index in [9.17, 15) is 0 Å². The zero-order valence-corrected chi connectivity index (χ0v) is 7.97. The van der Waals surface area contributed by atoms with Crippen LogP contribution in [0.5, 0.6) is 0 Å². The molecule has 0 spiro atoms. The molecule has 0 aromatic carbocycles. The fourth-order valence-corrected chi connectivity index (χ4v) is 1.31. The molecule has 0 aliphatic heterocycles. The largest absolute Gasteiger partial charge is 0.380 e. The monoisotopic (exact) mass is 159 g/mol. The van der Waals surface area contributed by atoms with Gasteiger partial charge in [-0.1, -0.05) is 26.7 Å². The van der Waals surface area contributed by atoms with Gasteiger partial charge in [0, 0.05) is 13.2 Å². The topological polar surface area (TPSA) is 35.2 Å². The normalized spacial score (nSPS) is 16.4. The Hall–Kier alpha value is -0.0800. The van der Waals surface area contributed by atoms with Crippen molar-refractivity contribution in [2.75, 3.05) is 7.11 Å². The van der Waals surface area contributed by atoms with Gasteiger partial charge in [0.25, 0.3) is 0 Å². The van der Waals surface area contributed by atoms with Crippen LogP contribution in [-0.2, 0) is 4.74 Å². The molecule has 0 saturated carbocycles. The van der Waals surface area contributed by atoms with E-state index in [2.05, 4.69) is 13.8 Å². The van der Waals surface area contributed by atoms with E-state index in [1.165, 1.54) is 0 Å². The molecule has 68 valence electrons. The van der Waals surface area contributed by atoms with E-state index in [4.69, 9.17) is 10.5 Å². The molecular formula is C9H21NO. The Morgan fingerprint density at radius 1 is 1.18 bits per heavy atom. The van der Waals surface area contributed by atoms with Crippen LogP contribution in [0, 0.1) is 0 Å². The van der Waals surface area contributed by atoms with Crippen molar-refractivity contribution in [2.24, 2.45) is 5.73 Å². The first kappa shape index (κ1) is 10.9. The lowest BCUT2D eigenvalue weighted by atomic mass is 10.0. The van der Waals surface area contributed by atoms with Gasteiger partial charge >= 0.3 is 0 Å². The second-order valence-corrected chi connectivity index (χ2v) is 3.02. The van der Waals surface area contributed by atoms with Gasteiger partial charge in [0.2, 0.25) is 0 Å². The summed E-state index contributed by atoms with van der Waals surface area (Å²) in [6, 6.07) is 0.227. The van der Waals surface area contributed by atoms with Crippen molar-refractivity contribution < 1.29 is 4.74 Å². The van der Waals surface area contributed by atoms with Crippen LogP contribution in [0.1, 0.15) is 39.5 Å². The van der Waals surface area contributed by atoms with E-state index < -0.39 is 0 Å². The molecule has 0 heterocycles. The molecule has 0 rings (SSSR count). The quantitative estimate of drug-likeness (QED) is 0.642. The van der Waals surface area contributed by atoms with Crippen molar-refractivity contribution in [3.05, 3.63) is 0 Å². The zero-order valence-electron chi connectivity index (χ0n) is 7.97. The Morgan fingerprint density at radius 3 is 2.09 bits per heavy atom. The van der Waals surface area contributed by atoms with Crippen LogP contribution in [0.2, 0.25) is 0 Å². The van der Waals surface area contributed by atoms with E-state index in [1.807, 2.05) is 0 Å². The van der Waals surface area contributed by atoms with Crippen LogP contribution >= 0.6 is 0 Å². The van der Waals surface area contributed by atoms with Crippen molar-refractivity contribution in [2.45, 2.75) is 51.7 Å². The van der Waals surface area contributed by atoms with E-state index in [0.717, 1.165) is 25.7 Å². The molecule has 0 amide bonds. The van der Waals surface area contributed by atoms with Crippen molar-refractivity contribution in [3.63, 3.8) is 0 Å². The van der Waals surface area contributed by atoms with Gasteiger partial charge in [0.15, 0.2) is 0 Å². The molecule has 2 N–H and O–H groups in total. The minimum Gasteiger partial charge on any atom is -0.380 e. The maximum absolute atomic E-state index is 5.90. The van der Waals surface area contributed by atoms with Gasteiger partial charge in [0.1, 0.15) is 0 Å². The molecule has 0 radical (unpaired) electrons. The minimum atomic E-state index is 0.227. The molecule has 0 saturated heterocycles. The summed E-state index contributed by atoms with van der Waals surface area (Å²) in [5.74, 6) is 0. The average Bonchev–Trinajstić information content (AvgIpc) is 2.00. The van der Waals surface area contributed by atoms with E-state index >= 15 is 0 Å². The molecule has 2 atom stereocenters. The summed E-state index contributed by atoms with van der Waals surface area (Å²) in [6.45, 7) is 4.31. The average molecular weight is 159 g/mol. The number of ether oxygens (including phenoxy) is 1. The Morgan fingerprint density at radius 2 is 1.73 bits per heavy atom. The molecule has 2 nitrogen and oxygen atoms in total. The number of hydrogen-bond acceptors (Lipinski definition) is 2. The van der Waals surface area contributed by atoms with Gasteiger partial charge in [-0.2, -0.15) is 0 Å². The number of rotatable bonds is 6. The lowest BCUT2D eigenvalue weighted by Gasteiger charge is -2.21. The Labute approximate surface area is 70.1 Å². The highest BCUT2D eigenvalue weighted by molar-refractivity contribution is 4.71. The van der Waals surface area contributed by atoms with Gasteiger partial charge in [-0.25, -0.2) is 0 Å². The summed E-state index contributed by atoms with van der Waals surface area (Å²) in [5, 5.41) is 0. The van der Waals surface area contributed by atoms with Crippen LogP contribution in [0.25, 0.3) is 0 Å². The Bertz CT molecular complexity index is 85.6. The van der Waals surface area contributed by atoms with Crippen molar-refractivity contribution in [1.29, 1.82) is 0 Å². The maximum atomic E-state index is 5.90. The van der Waals surface area contributed by atoms with E-state index in [0.29, 0.717) is 0 Å². The zero-order chi connectivity index (χ0) is 8.69. The summed E-state index contributed by atoms with van der Waals surface area (Å²) in [5.41, 5.74) is 5.90. The number of hydrogen-bond donors (Lipinski definition) is 1. The van der Waals surface area contributed by atoms with Crippen molar-refractivity contribution in [1.82, 2.24) is 0 Å². The van der Waals surface area contributed by atoms with Gasteiger partial charge in [0.05, 0.1) is 6.10 Å². The molecule has 2 heteroatoms. The van der Waals surface area contributed by atoms with Gasteiger partial charge in [-0.05, 0) is 12.8 Å². The summed E-state index contributed by atoms with van der Waals surface area (Å²) in [7, 11) is 1.75. The van der Waals surface area contributed by atoms with Crippen molar-refractivity contribution in [3.8, 4) is 0 Å². The standard InChI is InChI=1S/C9H21NO/c1-4-6-8(10)9(11-3)7-5-2/h8-9H,4-7,10H2,1-3H3/t8-,9?/m0/s1. The molecule has 0 fully saturated rings. The Kier molecular flexibility index (Phi) is 6.57. The maximum Gasteiger partial charge on any atom is 0.0722 e. The van der Waals surface area contributed by atoms with Crippen LogP contribution in [0.15, 0.2) is 0 Å². The highest BCUT2D eigenvalue weighted by Crippen LogP contribution is 2.08. The van der Waals surface area contributed by atoms with Crippen LogP contribution in [0.4, 0.5) is 0 Å². The Balaban J connectivity index is 3.61. The number of methoxy groups -OCH3 is 1. The summed E-state index contributed by atoms with van der Waals surface area (Å²) < 4.78 is 5.28. The predicted octanol–water partition coefficient (Wildman–Crippen LogP) is 1.93. The molecule has 0 aromatic heterocycles. The third-order valence-corrected chi connectivity index (χ3v) is 1.98. The third kappa shape index (κ3) is 4.38. The number of nitrogens with two attached hydrogens (primary N) is 1. The predicted molar refractivity (Wildman–Crippen MR) is 48.6 cm³/mol. The second-order valence-electron chi connectivity index (χ2n) is 3.02. The first-order valence-electron chi connectivity index (χ1n) is 4.54. The van der Waals surface area contributed by atoms with Gasteiger partial charge < -0.3 is 10.5 Å². The summed E-state index contributed by atoms with van der Waals surface area (Å²) in [6.07, 6.45) is 4.71. The minimum absolute atomic E-state index is 0.227. The fraction of sp³-hybridized carbons (Fsp3) is 1.00. The lowest BCUT2D eigenvalue weighted by molar-refractivity contribution is 0.0700. The van der Waals surface area contributed by atoms with E-state index in [-0.39, 0.29) is 12.1 Å². The molecule has 11 heavy (non-hydrogen) atoms. The van der Waals surface area contributed by atoms with Crippen LogP contribution in [-0.4, -0.2) is 19.3 Å². The van der Waals surface area contributed by atoms with E-state index in [1.54, 1.807) is 7.11 Å². The van der Waals surface area contributed by atoms with Gasteiger partial charge in [-0.15, -0.1) is 0 Å². The molecule has 0 bridgehead atoms. The molecular weight excluding hydrogens is 138 g/mol. The summed E-state index contributed by atoms with van der Waals surface area (Å²) in [4.78, 5) is 0. The first-order valence-corrected chi connectivity index (χ1v) is 4.54. The smallest absolute Gasteiger partial charge is 0.0722 e. The molecule has 1 unspecified atom stereocenters. The van der Waals surface area contributed by atoms with Crippen molar-refractivity contribution >= 4 is 0 Å². The lowest BCUT2D eigenvalue weighted by Crippen LogP contribution is -2.35. The highest BCUT2D eigenvalue weighted by Gasteiger charge is 2.14. The highest BCUT2D eigenvalue weighted by atomic mass is 16.5. The molecule has 0 aliphatic carbocycles. The second kappa shape index (κ2) is 6.62. The molecule has 0 aliphatic rings. The first-order chi connectivity index (χ1) is 5.26. The SMILES string of the molecule is CCCC(OC)[C@@H](N)CCC. The fourth-order valence-electron chi connectivity index (χ4n) is 1.31. The third-order valence-electron chi connectivity index (χ3n) is 1.98. The summed E-state index contributed by atoms with van der Waals surface area (Å²) >= 11 is 0. The van der Waals surface area contributed by atoms with Gasteiger partial charge in [-0.3, -0.25) is 0 Å².